The Labute approximate surface area is 70.4 Å². The topological polar surface area (TPSA) is 30.8 Å². The molecule has 1 aliphatic carbocycles. The van der Waals surface area contributed by atoms with Crippen LogP contribution in [0.4, 0.5) is 0 Å². The van der Waals surface area contributed by atoms with E-state index >= 15 is 0 Å². The second-order valence-electron chi connectivity index (χ2n) is 3.20. The minimum Gasteiger partial charge on any atom is -0.469 e. The van der Waals surface area contributed by atoms with Gasteiger partial charge in [-0.15, -0.1) is 0 Å². The zero-order chi connectivity index (χ0) is 7.97. The maximum atomic E-state index is 5.38. The van der Waals surface area contributed by atoms with Crippen molar-refractivity contribution in [3.63, 3.8) is 0 Å². The Morgan fingerprint density at radius 2 is 2.50 bits per heavy atom. The van der Waals surface area contributed by atoms with Gasteiger partial charge in [0.25, 0.3) is 0 Å². The number of hydrogen-bond donors (Lipinski definition) is 0. The molecule has 1 atom stereocenters. The summed E-state index contributed by atoms with van der Waals surface area (Å²) >= 11 is 0. The molecule has 3 aliphatic rings. The molecule has 0 amide bonds. The lowest BCUT2D eigenvalue weighted by molar-refractivity contribution is 0.0500. The summed E-state index contributed by atoms with van der Waals surface area (Å²) in [4.78, 5) is 4.20. The van der Waals surface area contributed by atoms with Crippen molar-refractivity contribution in [3.05, 3.63) is 23.0 Å². The minimum atomic E-state index is 0.172. The molecule has 0 spiro atoms. The molecule has 0 radical (unpaired) electrons. The van der Waals surface area contributed by atoms with Gasteiger partial charge in [-0.3, -0.25) is 4.99 Å². The van der Waals surface area contributed by atoms with E-state index in [0.717, 1.165) is 18.7 Å². The van der Waals surface area contributed by atoms with Gasteiger partial charge in [0, 0.05) is 12.6 Å². The highest BCUT2D eigenvalue weighted by Crippen LogP contribution is 2.32. The van der Waals surface area contributed by atoms with Crippen molar-refractivity contribution in [2.75, 3.05) is 13.3 Å². The van der Waals surface area contributed by atoms with Gasteiger partial charge in [0.15, 0.2) is 6.79 Å². The molecule has 0 aromatic heterocycles. The van der Waals surface area contributed by atoms with Crippen LogP contribution in [0.15, 0.2) is 28.0 Å². The molecule has 3 nitrogen and oxygen atoms in total. The van der Waals surface area contributed by atoms with Gasteiger partial charge in [-0.2, -0.15) is 0 Å². The van der Waals surface area contributed by atoms with E-state index < -0.39 is 0 Å². The quantitative estimate of drug-likeness (QED) is 0.534. The van der Waals surface area contributed by atoms with Crippen LogP contribution in [0.1, 0.15) is 6.42 Å². The van der Waals surface area contributed by atoms with Gasteiger partial charge in [-0.1, -0.05) is 0 Å². The van der Waals surface area contributed by atoms with Crippen LogP contribution >= 0.6 is 0 Å². The number of hydrogen-bond acceptors (Lipinski definition) is 3. The number of allylic oxidation sites excluding steroid dienone is 2. The van der Waals surface area contributed by atoms with Gasteiger partial charge in [0.2, 0.25) is 0 Å². The fourth-order valence-corrected chi connectivity index (χ4v) is 1.79. The molecule has 3 heteroatoms. The van der Waals surface area contributed by atoms with E-state index in [1.54, 1.807) is 0 Å². The monoisotopic (exact) mass is 163 g/mol. The van der Waals surface area contributed by atoms with Crippen LogP contribution in [0.3, 0.4) is 0 Å². The van der Waals surface area contributed by atoms with E-state index in [9.17, 15) is 0 Å². The molecule has 0 bridgehead atoms. The van der Waals surface area contributed by atoms with Crippen molar-refractivity contribution in [1.29, 1.82) is 0 Å². The molecule has 1 saturated heterocycles. The third-order valence-corrected chi connectivity index (χ3v) is 2.46. The Morgan fingerprint density at radius 3 is 3.50 bits per heavy atom. The fraction of sp³-hybridized carbons (Fsp3) is 0.444. The number of rotatable bonds is 0. The molecule has 1 fully saturated rings. The molecule has 12 heavy (non-hydrogen) atoms. The minimum absolute atomic E-state index is 0.172. The summed E-state index contributed by atoms with van der Waals surface area (Å²) in [5.74, 6) is 0.974. The highest BCUT2D eigenvalue weighted by atomic mass is 16.7. The van der Waals surface area contributed by atoms with Crippen LogP contribution in [0.2, 0.25) is 0 Å². The first-order valence-electron chi connectivity index (χ1n) is 4.11. The number of nitrogens with zero attached hydrogens (tertiary/aromatic N) is 1. The third-order valence-electron chi connectivity index (χ3n) is 2.46. The van der Waals surface area contributed by atoms with Gasteiger partial charge >= 0.3 is 0 Å². The Hall–Kier alpha value is -1.09. The third kappa shape index (κ3) is 0.770. The predicted octanol–water partition coefficient (Wildman–Crippen LogP) is 1.03. The zero-order valence-electron chi connectivity index (χ0n) is 6.62. The molecular weight excluding hydrogens is 154 g/mol. The van der Waals surface area contributed by atoms with Gasteiger partial charge < -0.3 is 9.47 Å². The summed E-state index contributed by atoms with van der Waals surface area (Å²) in [6.07, 6.45) is 5.10. The van der Waals surface area contributed by atoms with E-state index in [0.29, 0.717) is 6.79 Å². The average molecular weight is 163 g/mol. The van der Waals surface area contributed by atoms with Crippen molar-refractivity contribution >= 4 is 6.21 Å². The molecule has 0 N–H and O–H groups in total. The van der Waals surface area contributed by atoms with Crippen LogP contribution < -0.4 is 0 Å². The van der Waals surface area contributed by atoms with Gasteiger partial charge in [-0.25, -0.2) is 0 Å². The Bertz CT molecular complexity index is 314. The van der Waals surface area contributed by atoms with Gasteiger partial charge in [0.05, 0.1) is 6.54 Å². The van der Waals surface area contributed by atoms with Crippen LogP contribution in [0.25, 0.3) is 0 Å². The summed E-state index contributed by atoms with van der Waals surface area (Å²) in [5.41, 5.74) is 2.61. The number of fused-ring (bicyclic) bond motifs is 1. The van der Waals surface area contributed by atoms with Crippen molar-refractivity contribution in [1.82, 2.24) is 0 Å². The summed E-state index contributed by atoms with van der Waals surface area (Å²) in [7, 11) is 0. The molecule has 0 saturated carbocycles. The van der Waals surface area contributed by atoms with Crippen molar-refractivity contribution < 1.29 is 9.47 Å². The molecule has 62 valence electrons. The summed E-state index contributed by atoms with van der Waals surface area (Å²) in [6.45, 7) is 1.26. The first-order valence-corrected chi connectivity index (χ1v) is 4.11. The van der Waals surface area contributed by atoms with Crippen LogP contribution in [0.5, 0.6) is 0 Å². The first-order chi connectivity index (χ1) is 5.93. The van der Waals surface area contributed by atoms with E-state index in [1.165, 1.54) is 11.1 Å². The SMILES string of the molecule is C1=NCC2=C1C=C1OCOC1C2. The molecule has 1 unspecified atom stereocenters. The lowest BCUT2D eigenvalue weighted by atomic mass is 9.97. The normalized spacial score (nSPS) is 31.3. The Kier molecular flexibility index (Phi) is 1.18. The Morgan fingerprint density at radius 1 is 1.50 bits per heavy atom. The second-order valence-corrected chi connectivity index (χ2v) is 3.20. The predicted molar refractivity (Wildman–Crippen MR) is 43.9 cm³/mol. The molecular formula is C9H9NO2. The van der Waals surface area contributed by atoms with E-state index in [-0.39, 0.29) is 6.10 Å². The van der Waals surface area contributed by atoms with Crippen LogP contribution in [0, 0.1) is 0 Å². The molecule has 0 aromatic carbocycles. The van der Waals surface area contributed by atoms with Gasteiger partial charge in [0.1, 0.15) is 11.9 Å². The molecule has 2 heterocycles. The maximum Gasteiger partial charge on any atom is 0.189 e. The lowest BCUT2D eigenvalue weighted by Crippen LogP contribution is -2.14. The maximum absolute atomic E-state index is 5.38. The zero-order valence-corrected chi connectivity index (χ0v) is 6.62. The standard InChI is InChI=1S/C9H9NO2/c1-6-3-10-4-7(6)2-9-8(1)11-5-12-9/h1,3,9H,2,4-5H2. The van der Waals surface area contributed by atoms with Crippen LogP contribution in [-0.2, 0) is 9.47 Å². The number of aliphatic imine (C=N–C) groups is 1. The fourth-order valence-electron chi connectivity index (χ4n) is 1.79. The van der Waals surface area contributed by atoms with Crippen molar-refractivity contribution in [3.8, 4) is 0 Å². The van der Waals surface area contributed by atoms with Crippen LogP contribution in [-0.4, -0.2) is 25.7 Å². The summed E-state index contributed by atoms with van der Waals surface area (Å²) in [6, 6.07) is 0. The highest BCUT2D eigenvalue weighted by molar-refractivity contribution is 5.87. The highest BCUT2D eigenvalue weighted by Gasteiger charge is 2.30. The first kappa shape index (κ1) is 6.43. The smallest absolute Gasteiger partial charge is 0.189 e. The molecule has 3 rings (SSSR count). The summed E-state index contributed by atoms with van der Waals surface area (Å²) < 4.78 is 10.7. The Balaban J connectivity index is 2.00. The van der Waals surface area contributed by atoms with E-state index in [4.69, 9.17) is 9.47 Å². The van der Waals surface area contributed by atoms with E-state index in [2.05, 4.69) is 4.99 Å². The van der Waals surface area contributed by atoms with Crippen molar-refractivity contribution in [2.24, 2.45) is 4.99 Å². The molecule has 0 aromatic rings. The number of ether oxygens (including phenoxy) is 2. The second kappa shape index (κ2) is 2.20. The van der Waals surface area contributed by atoms with E-state index in [1.807, 2.05) is 12.3 Å². The molecule has 2 aliphatic heterocycles. The largest absolute Gasteiger partial charge is 0.469 e. The average Bonchev–Trinajstić information content (AvgIpc) is 2.64. The summed E-state index contributed by atoms with van der Waals surface area (Å²) in [5, 5.41) is 0. The lowest BCUT2D eigenvalue weighted by Gasteiger charge is -2.14. The van der Waals surface area contributed by atoms with Gasteiger partial charge in [-0.05, 0) is 17.2 Å². The van der Waals surface area contributed by atoms with Crippen molar-refractivity contribution in [2.45, 2.75) is 12.5 Å².